The number of pyridine rings is 1. The number of nitrogens with one attached hydrogen (secondary N) is 3. The van der Waals surface area contributed by atoms with E-state index in [1.807, 2.05) is 0 Å². The van der Waals surface area contributed by atoms with Gasteiger partial charge in [-0.2, -0.15) is 0 Å². The fraction of sp³-hybridized carbons (Fsp3) is 0.360. The maximum atomic E-state index is 13.9. The third-order valence-electron chi connectivity index (χ3n) is 6.15. The first-order chi connectivity index (χ1) is 17.6. The summed E-state index contributed by atoms with van der Waals surface area (Å²) in [4.78, 5) is 20.5. The summed E-state index contributed by atoms with van der Waals surface area (Å²) in [5.41, 5.74) is 3.03. The lowest BCUT2D eigenvalue weighted by Gasteiger charge is -2.23. The first-order valence-electron chi connectivity index (χ1n) is 11.6. The molecule has 0 unspecified atom stereocenters. The molecule has 4 heterocycles. The lowest BCUT2D eigenvalue weighted by molar-refractivity contribution is -0.101. The Morgan fingerprint density at radius 1 is 1.31 bits per heavy atom. The van der Waals surface area contributed by atoms with Gasteiger partial charge in [-0.1, -0.05) is 17.7 Å². The molecule has 0 bridgehead atoms. The number of carbonyl (C=O) groups excluding carboxylic acids is 1. The number of ether oxygens (including phenoxy) is 4. The Morgan fingerprint density at radius 2 is 2.19 bits per heavy atom. The summed E-state index contributed by atoms with van der Waals surface area (Å²) in [6.45, 7) is 1.32. The lowest BCUT2D eigenvalue weighted by Crippen LogP contribution is -2.35. The molecule has 9 nitrogen and oxygen atoms in total. The smallest absolute Gasteiger partial charge is 0.255 e. The summed E-state index contributed by atoms with van der Waals surface area (Å²) < 4.78 is 36.6. The van der Waals surface area contributed by atoms with Crippen LogP contribution in [0, 0.1) is 0 Å². The molecule has 2 aliphatic heterocycles. The zero-order chi connectivity index (χ0) is 25.1. The van der Waals surface area contributed by atoms with E-state index in [1.165, 1.54) is 7.11 Å². The van der Waals surface area contributed by atoms with E-state index in [0.29, 0.717) is 70.2 Å². The number of fused-ring (bicyclic) bond motifs is 1. The molecule has 1 saturated heterocycles. The monoisotopic (exact) mass is 516 g/mol. The standard InChI is InChI=1S/C25H26ClFN4O5/c1-33-24-17(26)3-2-4-18(24)30-23-20-21(14(9-27)10-29-25(20)32)31-22(23)16-5-6-28-11-19(16)36-13-15-12-34-7-8-35-15/h2-6,11,14-15,30-31H,7-10,12-13H2,1H3,(H,29,32)/t14-,15+/m0/s1. The first-order valence-corrected chi connectivity index (χ1v) is 11.9. The van der Waals surface area contributed by atoms with Gasteiger partial charge in [-0.25, -0.2) is 0 Å². The predicted octanol–water partition coefficient (Wildman–Crippen LogP) is 4.07. The highest BCUT2D eigenvalue weighted by atomic mass is 35.5. The van der Waals surface area contributed by atoms with Gasteiger partial charge in [0.05, 0.1) is 67.5 Å². The summed E-state index contributed by atoms with van der Waals surface area (Å²) in [6.07, 6.45) is 3.01. The molecule has 2 atom stereocenters. The number of benzene rings is 1. The number of amides is 1. The first kappa shape index (κ1) is 24.4. The van der Waals surface area contributed by atoms with Gasteiger partial charge in [-0.15, -0.1) is 0 Å². The van der Waals surface area contributed by atoms with Crippen LogP contribution >= 0.6 is 11.6 Å². The van der Waals surface area contributed by atoms with Gasteiger partial charge in [-0.05, 0) is 18.2 Å². The Labute approximate surface area is 212 Å². The normalized spacial score (nSPS) is 19.4. The van der Waals surface area contributed by atoms with E-state index < -0.39 is 12.6 Å². The van der Waals surface area contributed by atoms with Crippen molar-refractivity contribution in [3.8, 4) is 22.8 Å². The number of rotatable bonds is 8. The number of carbonyl (C=O) groups is 1. The van der Waals surface area contributed by atoms with Crippen LogP contribution in [0.2, 0.25) is 5.02 Å². The Kier molecular flexibility index (Phi) is 7.26. The van der Waals surface area contributed by atoms with Crippen LogP contribution in [0.25, 0.3) is 11.3 Å². The second-order valence-electron chi connectivity index (χ2n) is 8.42. The van der Waals surface area contributed by atoms with Crippen LogP contribution < -0.4 is 20.1 Å². The van der Waals surface area contributed by atoms with Gasteiger partial charge in [0.15, 0.2) is 5.75 Å². The van der Waals surface area contributed by atoms with Crippen LogP contribution in [0.15, 0.2) is 36.7 Å². The number of methoxy groups -OCH3 is 1. The summed E-state index contributed by atoms with van der Waals surface area (Å²) in [7, 11) is 1.51. The third-order valence-corrected chi connectivity index (χ3v) is 6.45. The number of H-pyrrole nitrogens is 1. The topological polar surface area (TPSA) is 107 Å². The summed E-state index contributed by atoms with van der Waals surface area (Å²) in [5, 5.41) is 6.49. The van der Waals surface area contributed by atoms with Crippen LogP contribution in [0.3, 0.4) is 0 Å². The van der Waals surface area contributed by atoms with Crippen molar-refractivity contribution in [2.24, 2.45) is 0 Å². The molecule has 5 rings (SSSR count). The zero-order valence-electron chi connectivity index (χ0n) is 19.6. The molecular weight excluding hydrogens is 491 g/mol. The van der Waals surface area contributed by atoms with Gasteiger partial charge in [0.2, 0.25) is 0 Å². The van der Waals surface area contributed by atoms with Gasteiger partial charge in [-0.3, -0.25) is 14.2 Å². The van der Waals surface area contributed by atoms with Crippen molar-refractivity contribution in [3.63, 3.8) is 0 Å². The summed E-state index contributed by atoms with van der Waals surface area (Å²) in [5.74, 6) is 0.0554. The number of alkyl halides is 1. The predicted molar refractivity (Wildman–Crippen MR) is 132 cm³/mol. The van der Waals surface area contributed by atoms with Crippen molar-refractivity contribution in [1.29, 1.82) is 0 Å². The van der Waals surface area contributed by atoms with Crippen LogP contribution in [0.1, 0.15) is 22.0 Å². The highest BCUT2D eigenvalue weighted by molar-refractivity contribution is 6.32. The molecule has 3 aromatic rings. The van der Waals surface area contributed by atoms with Crippen LogP contribution in [0.5, 0.6) is 11.5 Å². The van der Waals surface area contributed by atoms with Crippen molar-refractivity contribution in [1.82, 2.24) is 15.3 Å². The van der Waals surface area contributed by atoms with Gasteiger partial charge in [0.1, 0.15) is 18.5 Å². The van der Waals surface area contributed by atoms with E-state index in [9.17, 15) is 9.18 Å². The fourth-order valence-electron chi connectivity index (χ4n) is 4.39. The number of hydrogen-bond acceptors (Lipinski definition) is 7. The van der Waals surface area contributed by atoms with Crippen molar-refractivity contribution in [2.45, 2.75) is 12.0 Å². The minimum Gasteiger partial charge on any atom is -0.493 e. The van der Waals surface area contributed by atoms with Crippen LogP contribution in [-0.2, 0) is 9.47 Å². The molecule has 190 valence electrons. The van der Waals surface area contributed by atoms with E-state index in [4.69, 9.17) is 30.5 Å². The van der Waals surface area contributed by atoms with E-state index in [1.54, 1.807) is 36.7 Å². The van der Waals surface area contributed by atoms with Gasteiger partial charge in [0, 0.05) is 29.9 Å². The quantitative estimate of drug-likeness (QED) is 0.414. The highest BCUT2D eigenvalue weighted by Gasteiger charge is 2.34. The van der Waals surface area contributed by atoms with Crippen molar-refractivity contribution in [2.75, 3.05) is 52.1 Å². The largest absolute Gasteiger partial charge is 0.493 e. The van der Waals surface area contributed by atoms with Crippen molar-refractivity contribution < 1.29 is 28.1 Å². The third kappa shape index (κ3) is 4.71. The Balaban J connectivity index is 1.59. The number of aromatic amines is 1. The highest BCUT2D eigenvalue weighted by Crippen LogP contribution is 2.44. The molecular formula is C25H26ClFN4O5. The minimum atomic E-state index is -0.633. The summed E-state index contributed by atoms with van der Waals surface area (Å²) in [6, 6.07) is 7.03. The number of nitrogens with zero attached hydrogens (tertiary/aromatic N) is 1. The maximum Gasteiger partial charge on any atom is 0.255 e. The molecule has 0 aliphatic carbocycles. The molecule has 2 aliphatic rings. The number of para-hydroxylation sites is 1. The van der Waals surface area contributed by atoms with Gasteiger partial charge < -0.3 is 34.6 Å². The van der Waals surface area contributed by atoms with Gasteiger partial charge in [0.25, 0.3) is 5.91 Å². The fourth-order valence-corrected chi connectivity index (χ4v) is 4.64. The Morgan fingerprint density at radius 3 is 2.97 bits per heavy atom. The van der Waals surface area contributed by atoms with E-state index >= 15 is 0 Å². The average molecular weight is 517 g/mol. The van der Waals surface area contributed by atoms with Gasteiger partial charge >= 0.3 is 0 Å². The van der Waals surface area contributed by atoms with Crippen LogP contribution in [0.4, 0.5) is 15.8 Å². The second-order valence-corrected chi connectivity index (χ2v) is 8.83. The molecule has 36 heavy (non-hydrogen) atoms. The van der Waals surface area contributed by atoms with E-state index in [2.05, 4.69) is 20.6 Å². The molecule has 0 radical (unpaired) electrons. The summed E-state index contributed by atoms with van der Waals surface area (Å²) >= 11 is 6.33. The Hall–Kier alpha value is -3.34. The average Bonchev–Trinajstić information content (AvgIpc) is 3.28. The maximum absolute atomic E-state index is 13.9. The molecule has 0 saturated carbocycles. The second kappa shape index (κ2) is 10.7. The molecule has 2 aromatic heterocycles. The molecule has 0 spiro atoms. The SMILES string of the molecule is COc1c(Cl)cccc1Nc1c(-c2ccncc2OC[C@H]2COCCO2)[nH]c2c1C(=O)NC[C@@H]2CF. The van der Waals surface area contributed by atoms with E-state index in [-0.39, 0.29) is 25.2 Å². The number of aromatic nitrogens is 2. The minimum absolute atomic E-state index is 0.195. The molecule has 1 fully saturated rings. The number of hydrogen-bond donors (Lipinski definition) is 3. The van der Waals surface area contributed by atoms with Crippen LogP contribution in [-0.4, -0.2) is 68.7 Å². The number of anilines is 2. The van der Waals surface area contributed by atoms with E-state index in [0.717, 1.165) is 0 Å². The lowest BCUT2D eigenvalue weighted by atomic mass is 9.97. The van der Waals surface area contributed by atoms with Crippen molar-refractivity contribution >= 4 is 28.9 Å². The number of halogens is 2. The molecule has 11 heteroatoms. The molecule has 1 amide bonds. The Bertz CT molecular complexity index is 1250. The molecule has 1 aromatic carbocycles. The molecule has 3 N–H and O–H groups in total. The van der Waals surface area contributed by atoms with Crippen molar-refractivity contribution in [3.05, 3.63) is 52.9 Å². The zero-order valence-corrected chi connectivity index (χ0v) is 20.4.